The van der Waals surface area contributed by atoms with Gasteiger partial charge >= 0.3 is 11.9 Å². The van der Waals surface area contributed by atoms with Crippen molar-refractivity contribution in [3.05, 3.63) is 92.8 Å². The molecule has 10 nitrogen and oxygen atoms in total. The van der Waals surface area contributed by atoms with Gasteiger partial charge in [-0.25, -0.2) is 9.59 Å². The first kappa shape index (κ1) is 31.3. The Balaban J connectivity index is 1.92. The second kappa shape index (κ2) is 15.0. The number of carbonyl (C=O) groups excluding carboxylic acids is 2. The van der Waals surface area contributed by atoms with E-state index in [9.17, 15) is 19.7 Å². The first-order valence-corrected chi connectivity index (χ1v) is 13.9. The fourth-order valence-corrected chi connectivity index (χ4v) is 4.96. The van der Waals surface area contributed by atoms with E-state index in [1.54, 1.807) is 19.9 Å². The molecule has 10 heteroatoms. The van der Waals surface area contributed by atoms with Gasteiger partial charge in [-0.2, -0.15) is 0 Å². The Labute approximate surface area is 241 Å². The maximum Gasteiger partial charge on any atom is 0.338 e. The van der Waals surface area contributed by atoms with Gasteiger partial charge in [-0.15, -0.1) is 0 Å². The van der Waals surface area contributed by atoms with Crippen LogP contribution in [0, 0.1) is 10.1 Å². The lowest BCUT2D eigenvalue weighted by Gasteiger charge is -2.34. The number of unbranched alkanes of at least 4 members (excludes halogenated alkanes) is 1. The van der Waals surface area contributed by atoms with E-state index in [-0.39, 0.29) is 16.8 Å². The van der Waals surface area contributed by atoms with E-state index in [1.807, 2.05) is 37.3 Å². The van der Waals surface area contributed by atoms with Gasteiger partial charge in [0.2, 0.25) is 0 Å². The third kappa shape index (κ3) is 7.94. The number of ether oxygens (including phenoxy) is 3. The van der Waals surface area contributed by atoms with Crippen LogP contribution in [0.25, 0.3) is 0 Å². The zero-order valence-corrected chi connectivity index (χ0v) is 24.3. The van der Waals surface area contributed by atoms with Crippen LogP contribution in [-0.4, -0.2) is 54.8 Å². The molecule has 0 aliphatic carbocycles. The first-order valence-electron chi connectivity index (χ1n) is 13.9. The molecule has 0 aromatic heterocycles. The summed E-state index contributed by atoms with van der Waals surface area (Å²) in [4.78, 5) is 40.0. The van der Waals surface area contributed by atoms with Gasteiger partial charge in [0, 0.05) is 36.6 Å². The van der Waals surface area contributed by atoms with Crippen molar-refractivity contribution < 1.29 is 28.7 Å². The molecule has 2 aromatic carbocycles. The van der Waals surface area contributed by atoms with Gasteiger partial charge in [-0.1, -0.05) is 50.6 Å². The third-order valence-electron chi connectivity index (χ3n) is 6.99. The first-order chi connectivity index (χ1) is 19.7. The zero-order valence-electron chi connectivity index (χ0n) is 24.3. The second-order valence-electron chi connectivity index (χ2n) is 9.80. The minimum atomic E-state index is -0.917. The van der Waals surface area contributed by atoms with Crippen molar-refractivity contribution in [1.82, 2.24) is 10.2 Å². The minimum absolute atomic E-state index is 0.149. The highest BCUT2D eigenvalue weighted by molar-refractivity contribution is 6.00. The number of nitrogens with zero attached hydrogens (tertiary/aromatic N) is 2. The maximum atomic E-state index is 13.9. The van der Waals surface area contributed by atoms with Gasteiger partial charge in [0.15, 0.2) is 6.23 Å². The van der Waals surface area contributed by atoms with Crippen LogP contribution in [0.15, 0.2) is 77.1 Å². The third-order valence-corrected chi connectivity index (χ3v) is 6.99. The lowest BCUT2D eigenvalue weighted by atomic mass is 9.80. The smallest absolute Gasteiger partial charge is 0.338 e. The molecule has 0 saturated carbocycles. The number of rotatable bonds is 14. The number of benzene rings is 2. The van der Waals surface area contributed by atoms with E-state index in [0.29, 0.717) is 43.1 Å². The van der Waals surface area contributed by atoms with Crippen molar-refractivity contribution in [2.75, 3.05) is 26.8 Å². The Bertz CT molecular complexity index is 1290. The number of allylic oxidation sites excluding steroid dienone is 2. The molecule has 1 aliphatic heterocycles. The molecule has 3 rings (SSSR count). The van der Waals surface area contributed by atoms with E-state index in [1.165, 1.54) is 25.3 Å². The van der Waals surface area contributed by atoms with Crippen LogP contribution in [0.3, 0.4) is 0 Å². The Kier molecular flexibility index (Phi) is 11.5. The highest BCUT2D eigenvalue weighted by atomic mass is 16.6. The highest BCUT2D eigenvalue weighted by Crippen LogP contribution is 2.40. The van der Waals surface area contributed by atoms with Crippen LogP contribution < -0.4 is 10.1 Å². The van der Waals surface area contributed by atoms with Crippen LogP contribution >= 0.6 is 0 Å². The summed E-state index contributed by atoms with van der Waals surface area (Å²) in [5, 5.41) is 14.7. The Morgan fingerprint density at radius 1 is 1.00 bits per heavy atom. The van der Waals surface area contributed by atoms with Crippen molar-refractivity contribution in [1.29, 1.82) is 0 Å². The van der Waals surface area contributed by atoms with Crippen molar-refractivity contribution in [2.24, 2.45) is 0 Å². The monoisotopic (exact) mass is 565 g/mol. The molecule has 1 aliphatic rings. The van der Waals surface area contributed by atoms with E-state index < -0.39 is 29.0 Å². The van der Waals surface area contributed by atoms with Gasteiger partial charge in [0.1, 0.15) is 12.4 Å². The second-order valence-corrected chi connectivity index (χ2v) is 9.80. The van der Waals surface area contributed by atoms with E-state index in [0.717, 1.165) is 18.6 Å². The molecule has 2 unspecified atom stereocenters. The molecule has 0 fully saturated rings. The number of nitrogens with one attached hydrogen (secondary N) is 1. The van der Waals surface area contributed by atoms with Crippen molar-refractivity contribution in [3.63, 3.8) is 0 Å². The number of nitro groups is 1. The number of carbonyl (C=O) groups is 2. The van der Waals surface area contributed by atoms with Crippen molar-refractivity contribution in [3.8, 4) is 5.75 Å². The van der Waals surface area contributed by atoms with Crippen molar-refractivity contribution in [2.45, 2.75) is 59.1 Å². The summed E-state index contributed by atoms with van der Waals surface area (Å²) in [5.41, 5.74) is 1.66. The normalized spacial score (nSPS) is 15.8. The van der Waals surface area contributed by atoms with Gasteiger partial charge in [0.05, 0.1) is 29.1 Å². The largest absolute Gasteiger partial charge is 0.492 e. The number of methoxy groups -OCH3 is 1. The van der Waals surface area contributed by atoms with Crippen LogP contribution in [0.1, 0.15) is 58.4 Å². The van der Waals surface area contributed by atoms with Gasteiger partial charge in [0.25, 0.3) is 5.69 Å². The predicted molar refractivity (Wildman–Crippen MR) is 155 cm³/mol. The SMILES string of the molecule is CCCCN(CCOc1ccccc1)C(CC)OC(=O)C1=C(C)NC(C)=C(C(=O)OC)C1c1cccc([N+](=O)[O-])c1. The van der Waals surface area contributed by atoms with E-state index in [2.05, 4.69) is 17.1 Å². The van der Waals surface area contributed by atoms with Gasteiger partial charge in [-0.05, 0) is 44.4 Å². The Hall–Kier alpha value is -4.18. The quantitative estimate of drug-likeness (QED) is 0.138. The summed E-state index contributed by atoms with van der Waals surface area (Å²) in [6, 6.07) is 15.5. The zero-order chi connectivity index (χ0) is 29.9. The number of dihydropyridines is 1. The molecule has 2 aromatic rings. The molecule has 0 amide bonds. The Morgan fingerprint density at radius 2 is 1.68 bits per heavy atom. The summed E-state index contributed by atoms with van der Waals surface area (Å²) in [6.45, 7) is 9.13. The topological polar surface area (TPSA) is 120 Å². The number of non-ortho nitro benzene ring substituents is 1. The molecule has 1 N–H and O–H groups in total. The van der Waals surface area contributed by atoms with Gasteiger partial charge < -0.3 is 19.5 Å². The standard InChI is InChI=1S/C31H39N3O7/c1-6-8-17-33(18-19-40-25-15-10-9-11-16-25)26(7-2)41-31(36)28-22(4)32-21(3)27(30(35)39-5)29(28)23-13-12-14-24(20-23)34(37)38/h9-16,20,26,29,32H,6-8,17-19H2,1-5H3. The van der Waals surface area contributed by atoms with Crippen LogP contribution in [-0.2, 0) is 19.1 Å². The number of para-hydroxylation sites is 1. The molecule has 0 bridgehead atoms. The fourth-order valence-electron chi connectivity index (χ4n) is 4.96. The summed E-state index contributed by atoms with van der Waals surface area (Å²) in [6.07, 6.45) is 1.86. The lowest BCUT2D eigenvalue weighted by Crippen LogP contribution is -2.42. The van der Waals surface area contributed by atoms with Crippen molar-refractivity contribution >= 4 is 17.6 Å². The average Bonchev–Trinajstić information content (AvgIpc) is 2.97. The summed E-state index contributed by atoms with van der Waals surface area (Å²) in [7, 11) is 1.26. The molecule has 0 radical (unpaired) electrons. The van der Waals surface area contributed by atoms with Crippen LogP contribution in [0.2, 0.25) is 0 Å². The summed E-state index contributed by atoms with van der Waals surface area (Å²) in [5.74, 6) is -1.41. The number of nitro benzene ring substituents is 1. The van der Waals surface area contributed by atoms with E-state index >= 15 is 0 Å². The van der Waals surface area contributed by atoms with Crippen LogP contribution in [0.5, 0.6) is 5.75 Å². The summed E-state index contributed by atoms with van der Waals surface area (Å²) < 4.78 is 17.1. The molecule has 220 valence electrons. The number of hydrogen-bond acceptors (Lipinski definition) is 9. The predicted octanol–water partition coefficient (Wildman–Crippen LogP) is 5.46. The number of hydrogen-bond donors (Lipinski definition) is 1. The molecule has 2 atom stereocenters. The van der Waals surface area contributed by atoms with E-state index in [4.69, 9.17) is 14.2 Å². The lowest BCUT2D eigenvalue weighted by molar-refractivity contribution is -0.384. The summed E-state index contributed by atoms with van der Waals surface area (Å²) >= 11 is 0. The fraction of sp³-hybridized carbons (Fsp3) is 0.419. The maximum absolute atomic E-state index is 13.9. The Morgan fingerprint density at radius 3 is 2.29 bits per heavy atom. The average molecular weight is 566 g/mol. The molecular formula is C31H39N3O7. The molecular weight excluding hydrogens is 526 g/mol. The molecule has 1 heterocycles. The molecule has 41 heavy (non-hydrogen) atoms. The van der Waals surface area contributed by atoms with Gasteiger partial charge in [-0.3, -0.25) is 15.0 Å². The molecule has 0 saturated heterocycles. The highest BCUT2D eigenvalue weighted by Gasteiger charge is 2.39. The number of esters is 2. The minimum Gasteiger partial charge on any atom is -0.492 e. The molecule has 0 spiro atoms. The van der Waals surface area contributed by atoms with Crippen LogP contribution in [0.4, 0.5) is 5.69 Å².